The summed E-state index contributed by atoms with van der Waals surface area (Å²) in [5.74, 6) is 0.0683. The van der Waals surface area contributed by atoms with Gasteiger partial charge in [0, 0.05) is 4.88 Å². The minimum Gasteiger partial charge on any atom is -0.289 e. The van der Waals surface area contributed by atoms with E-state index in [1.165, 1.54) is 27.8 Å². The van der Waals surface area contributed by atoms with Gasteiger partial charge in [0.15, 0.2) is 0 Å². The van der Waals surface area contributed by atoms with Gasteiger partial charge in [-0.1, -0.05) is 68.4 Å². The lowest BCUT2D eigenvalue weighted by Crippen LogP contribution is -2.29. The number of hydrogen-bond donors (Lipinski definition) is 1. The number of carbonyl (C=O) groups is 1. The Hall–Kier alpha value is -3.58. The maximum atomic E-state index is 12.8. The van der Waals surface area contributed by atoms with Gasteiger partial charge in [-0.3, -0.25) is 14.2 Å². The maximum absolute atomic E-state index is 12.8. The first-order valence-electron chi connectivity index (χ1n) is 9.97. The quantitative estimate of drug-likeness (QED) is 0.364. The second kappa shape index (κ2) is 9.06. The average Bonchev–Trinajstić information content (AvgIpc) is 3.22. The van der Waals surface area contributed by atoms with Crippen molar-refractivity contribution in [2.75, 3.05) is 0 Å². The Morgan fingerprint density at radius 2 is 1.90 bits per heavy atom. The molecule has 4 aromatic rings. The van der Waals surface area contributed by atoms with Crippen molar-refractivity contribution < 1.29 is 4.79 Å². The largest absolute Gasteiger partial charge is 0.289 e. The number of aromatic nitrogens is 2. The highest BCUT2D eigenvalue weighted by molar-refractivity contribution is 7.21. The van der Waals surface area contributed by atoms with E-state index in [4.69, 9.17) is 0 Å². The van der Waals surface area contributed by atoms with E-state index in [-0.39, 0.29) is 12.1 Å². The molecule has 0 spiro atoms. The first-order valence-corrected chi connectivity index (χ1v) is 10.8. The van der Waals surface area contributed by atoms with Crippen LogP contribution in [0.1, 0.15) is 30.9 Å². The van der Waals surface area contributed by atoms with Crippen molar-refractivity contribution in [2.24, 2.45) is 5.10 Å². The Kier molecular flexibility index (Phi) is 6.04. The third kappa shape index (κ3) is 4.78. The van der Waals surface area contributed by atoms with Crippen LogP contribution in [0.4, 0.5) is 0 Å². The molecule has 6 nitrogen and oxygen atoms in total. The summed E-state index contributed by atoms with van der Waals surface area (Å²) in [5.41, 5.74) is 5.39. The number of hydrazone groups is 1. The molecule has 1 N–H and O–H groups in total. The molecule has 2 aromatic heterocycles. The highest BCUT2D eigenvalue weighted by atomic mass is 32.1. The lowest BCUT2D eigenvalue weighted by molar-refractivity contribution is -0.121. The van der Waals surface area contributed by atoms with Gasteiger partial charge in [0.1, 0.15) is 11.4 Å². The summed E-state index contributed by atoms with van der Waals surface area (Å²) in [6.07, 6.45) is 2.99. The molecule has 0 aliphatic carbocycles. The normalized spacial score (nSPS) is 11.5. The molecule has 2 heterocycles. The number of fused-ring (bicyclic) bond motifs is 1. The zero-order valence-electron chi connectivity index (χ0n) is 17.3. The summed E-state index contributed by atoms with van der Waals surface area (Å²) in [7, 11) is 0. The third-order valence-corrected chi connectivity index (χ3v) is 5.99. The van der Waals surface area contributed by atoms with E-state index in [2.05, 4.69) is 29.4 Å². The van der Waals surface area contributed by atoms with Crippen LogP contribution in [0.5, 0.6) is 0 Å². The molecule has 0 radical (unpaired) electrons. The average molecular weight is 431 g/mol. The van der Waals surface area contributed by atoms with Gasteiger partial charge in [-0.05, 0) is 28.7 Å². The molecule has 1 amide bonds. The van der Waals surface area contributed by atoms with Crippen LogP contribution in [0.25, 0.3) is 20.7 Å². The molecule has 7 heteroatoms. The van der Waals surface area contributed by atoms with E-state index >= 15 is 0 Å². The molecule has 0 unspecified atom stereocenters. The van der Waals surface area contributed by atoms with Gasteiger partial charge in [-0.25, -0.2) is 10.4 Å². The van der Waals surface area contributed by atoms with Crippen molar-refractivity contribution in [3.05, 3.63) is 88.5 Å². The fourth-order valence-corrected chi connectivity index (χ4v) is 4.15. The first kappa shape index (κ1) is 20.7. The molecule has 2 aromatic carbocycles. The lowest BCUT2D eigenvalue weighted by atomic mass is 10.0. The fraction of sp³-hybridized carbons (Fsp3) is 0.167. The second-order valence-electron chi connectivity index (χ2n) is 7.49. The molecule has 156 valence electrons. The Bertz CT molecular complexity index is 1290. The van der Waals surface area contributed by atoms with Crippen LogP contribution in [0.3, 0.4) is 0 Å². The number of rotatable bonds is 6. The molecule has 0 aliphatic heterocycles. The predicted molar refractivity (Wildman–Crippen MR) is 126 cm³/mol. The second-order valence-corrected chi connectivity index (χ2v) is 8.52. The molecule has 4 rings (SSSR count). The van der Waals surface area contributed by atoms with Crippen LogP contribution in [0, 0.1) is 0 Å². The predicted octanol–water partition coefficient (Wildman–Crippen LogP) is 4.40. The van der Waals surface area contributed by atoms with E-state index in [9.17, 15) is 9.59 Å². The van der Waals surface area contributed by atoms with Crippen molar-refractivity contribution in [1.82, 2.24) is 15.0 Å². The van der Waals surface area contributed by atoms with E-state index in [0.29, 0.717) is 16.1 Å². The third-order valence-electron chi connectivity index (χ3n) is 4.90. The van der Waals surface area contributed by atoms with Crippen molar-refractivity contribution in [3.8, 4) is 10.4 Å². The van der Waals surface area contributed by atoms with E-state index in [1.54, 1.807) is 6.21 Å². The molecular weight excluding hydrogens is 408 g/mol. The van der Waals surface area contributed by atoms with Gasteiger partial charge in [0.2, 0.25) is 0 Å². The van der Waals surface area contributed by atoms with Gasteiger partial charge in [-0.15, -0.1) is 11.3 Å². The van der Waals surface area contributed by atoms with Gasteiger partial charge in [-0.2, -0.15) is 5.10 Å². The van der Waals surface area contributed by atoms with Crippen LogP contribution in [-0.2, 0) is 11.3 Å². The number of thiophene rings is 1. The topological polar surface area (TPSA) is 76.3 Å². The van der Waals surface area contributed by atoms with Crippen molar-refractivity contribution in [2.45, 2.75) is 26.3 Å². The van der Waals surface area contributed by atoms with E-state index in [1.807, 2.05) is 60.7 Å². The summed E-state index contributed by atoms with van der Waals surface area (Å²) in [4.78, 5) is 31.0. The molecule has 0 saturated heterocycles. The number of nitrogens with one attached hydrogen (secondary N) is 1. The lowest BCUT2D eigenvalue weighted by Gasteiger charge is -2.05. The number of nitrogens with zero attached hydrogens (tertiary/aromatic N) is 3. The molecule has 0 fully saturated rings. The summed E-state index contributed by atoms with van der Waals surface area (Å²) < 4.78 is 1.30. The molecule has 0 bridgehead atoms. The van der Waals surface area contributed by atoms with E-state index in [0.717, 1.165) is 16.0 Å². The zero-order chi connectivity index (χ0) is 21.8. The smallest absolute Gasteiger partial charge is 0.262 e. The van der Waals surface area contributed by atoms with Crippen LogP contribution < -0.4 is 11.0 Å². The Labute approximate surface area is 183 Å². The Morgan fingerprint density at radius 1 is 1.16 bits per heavy atom. The minimum atomic E-state index is -0.392. The van der Waals surface area contributed by atoms with Crippen LogP contribution in [0.2, 0.25) is 0 Å². The van der Waals surface area contributed by atoms with Crippen molar-refractivity contribution in [3.63, 3.8) is 0 Å². The van der Waals surface area contributed by atoms with E-state index < -0.39 is 5.91 Å². The van der Waals surface area contributed by atoms with Crippen molar-refractivity contribution in [1.29, 1.82) is 0 Å². The number of benzene rings is 2. The van der Waals surface area contributed by atoms with Crippen molar-refractivity contribution >= 4 is 33.7 Å². The number of carbonyl (C=O) groups excluding carboxylic acids is 1. The Balaban J connectivity index is 1.44. The first-order chi connectivity index (χ1) is 15.0. The summed E-state index contributed by atoms with van der Waals surface area (Å²) in [6, 6.07) is 19.7. The van der Waals surface area contributed by atoms with Crippen LogP contribution in [-0.4, -0.2) is 21.7 Å². The molecule has 0 aliphatic rings. The summed E-state index contributed by atoms with van der Waals surface area (Å²) in [5, 5.41) is 4.50. The maximum Gasteiger partial charge on any atom is 0.262 e. The number of hydrogen-bond acceptors (Lipinski definition) is 5. The fourth-order valence-electron chi connectivity index (χ4n) is 3.15. The molecule has 31 heavy (non-hydrogen) atoms. The van der Waals surface area contributed by atoms with Gasteiger partial charge < -0.3 is 0 Å². The molecular formula is C24H22N4O2S. The van der Waals surface area contributed by atoms with Crippen LogP contribution in [0.15, 0.2) is 76.9 Å². The monoisotopic (exact) mass is 430 g/mol. The zero-order valence-corrected chi connectivity index (χ0v) is 18.1. The Morgan fingerprint density at radius 3 is 2.61 bits per heavy atom. The van der Waals surface area contributed by atoms with Gasteiger partial charge >= 0.3 is 0 Å². The summed E-state index contributed by atoms with van der Waals surface area (Å²) >= 11 is 1.46. The summed E-state index contributed by atoms with van der Waals surface area (Å²) in [6.45, 7) is 4.12. The van der Waals surface area contributed by atoms with Crippen LogP contribution >= 0.6 is 11.3 Å². The van der Waals surface area contributed by atoms with Gasteiger partial charge in [0.25, 0.3) is 11.5 Å². The number of amides is 1. The highest BCUT2D eigenvalue weighted by Gasteiger charge is 2.12. The van der Waals surface area contributed by atoms with Gasteiger partial charge in [0.05, 0.1) is 17.9 Å². The minimum absolute atomic E-state index is 0.151. The highest BCUT2D eigenvalue weighted by Crippen LogP contribution is 2.30. The standard InChI is InChI=1S/C24H22N4O2S/c1-16(2)18-10-8-17(9-11-18)13-26-27-22(29)14-28-15-25-23-20(24(28)30)12-21(31-23)19-6-4-3-5-7-19/h3-13,15-16H,14H2,1-2H3,(H,27,29). The SMILES string of the molecule is CC(C)c1ccc(C=NNC(=O)Cn2cnc3sc(-c4ccccc4)cc3c2=O)cc1. The molecule has 0 saturated carbocycles. The molecule has 0 atom stereocenters.